The van der Waals surface area contributed by atoms with Gasteiger partial charge in [-0.1, -0.05) is 17.7 Å². The molecule has 0 bridgehead atoms. The molecule has 0 radical (unpaired) electrons. The molecule has 15 heavy (non-hydrogen) atoms. The van der Waals surface area contributed by atoms with Crippen LogP contribution in [-0.4, -0.2) is 19.2 Å². The first-order valence-corrected chi connectivity index (χ1v) is 5.38. The van der Waals surface area contributed by atoms with E-state index in [2.05, 4.69) is 36.9 Å². The SMILES string of the molecule is Cc1ccc(N2CCC(ON)C2)c(C)c1. The van der Waals surface area contributed by atoms with E-state index in [4.69, 9.17) is 10.7 Å². The van der Waals surface area contributed by atoms with Gasteiger partial charge in [0.05, 0.1) is 6.10 Å². The lowest BCUT2D eigenvalue weighted by Crippen LogP contribution is -2.25. The average molecular weight is 206 g/mol. The summed E-state index contributed by atoms with van der Waals surface area (Å²) in [6.45, 7) is 6.21. The second-order valence-electron chi connectivity index (χ2n) is 4.28. The molecule has 2 rings (SSSR count). The van der Waals surface area contributed by atoms with Gasteiger partial charge in [0.2, 0.25) is 0 Å². The van der Waals surface area contributed by atoms with Crippen molar-refractivity contribution in [3.05, 3.63) is 29.3 Å². The van der Waals surface area contributed by atoms with E-state index in [1.54, 1.807) is 0 Å². The number of nitrogens with two attached hydrogens (primary N) is 1. The highest BCUT2D eigenvalue weighted by molar-refractivity contribution is 5.55. The van der Waals surface area contributed by atoms with E-state index in [1.165, 1.54) is 16.8 Å². The van der Waals surface area contributed by atoms with Crippen LogP contribution in [0.3, 0.4) is 0 Å². The fourth-order valence-corrected chi connectivity index (χ4v) is 2.22. The Morgan fingerprint density at radius 2 is 2.20 bits per heavy atom. The predicted molar refractivity (Wildman–Crippen MR) is 61.8 cm³/mol. The van der Waals surface area contributed by atoms with Gasteiger partial charge in [0.1, 0.15) is 0 Å². The molecule has 2 N–H and O–H groups in total. The monoisotopic (exact) mass is 206 g/mol. The Kier molecular flexibility index (Phi) is 2.93. The van der Waals surface area contributed by atoms with Gasteiger partial charge in [-0.15, -0.1) is 0 Å². The van der Waals surface area contributed by atoms with E-state index in [1.807, 2.05) is 0 Å². The maximum absolute atomic E-state index is 5.21. The molecule has 1 atom stereocenters. The van der Waals surface area contributed by atoms with Crippen molar-refractivity contribution in [3.63, 3.8) is 0 Å². The van der Waals surface area contributed by atoms with Crippen LogP contribution in [0.15, 0.2) is 18.2 Å². The Balaban J connectivity index is 2.17. The van der Waals surface area contributed by atoms with E-state index in [0.717, 1.165) is 19.5 Å². The summed E-state index contributed by atoms with van der Waals surface area (Å²) < 4.78 is 0. The van der Waals surface area contributed by atoms with Gasteiger partial charge < -0.3 is 4.90 Å². The molecule has 1 aliphatic rings. The highest BCUT2D eigenvalue weighted by atomic mass is 16.6. The Morgan fingerprint density at radius 1 is 1.40 bits per heavy atom. The minimum absolute atomic E-state index is 0.186. The summed E-state index contributed by atoms with van der Waals surface area (Å²) in [4.78, 5) is 7.22. The van der Waals surface area contributed by atoms with Gasteiger partial charge in [0.25, 0.3) is 0 Å². The lowest BCUT2D eigenvalue weighted by atomic mass is 10.1. The third-order valence-corrected chi connectivity index (χ3v) is 3.03. The van der Waals surface area contributed by atoms with Gasteiger partial charge >= 0.3 is 0 Å². The number of aryl methyl sites for hydroxylation is 2. The average Bonchev–Trinajstić information content (AvgIpc) is 2.66. The molecule has 0 aromatic heterocycles. The lowest BCUT2D eigenvalue weighted by Gasteiger charge is -2.20. The van der Waals surface area contributed by atoms with Crippen molar-refractivity contribution in [3.8, 4) is 0 Å². The van der Waals surface area contributed by atoms with Gasteiger partial charge in [-0.2, -0.15) is 0 Å². The minimum atomic E-state index is 0.186. The summed E-state index contributed by atoms with van der Waals surface area (Å²) in [7, 11) is 0. The van der Waals surface area contributed by atoms with Crippen molar-refractivity contribution < 1.29 is 4.84 Å². The van der Waals surface area contributed by atoms with Gasteiger partial charge in [-0.25, -0.2) is 5.90 Å². The first-order valence-electron chi connectivity index (χ1n) is 5.38. The van der Waals surface area contributed by atoms with Crippen molar-refractivity contribution in [1.29, 1.82) is 0 Å². The van der Waals surface area contributed by atoms with Gasteiger partial charge in [0.15, 0.2) is 0 Å². The fraction of sp³-hybridized carbons (Fsp3) is 0.500. The maximum atomic E-state index is 5.21. The number of nitrogens with zero attached hydrogens (tertiary/aromatic N) is 1. The molecule has 1 unspecified atom stereocenters. The van der Waals surface area contributed by atoms with E-state index >= 15 is 0 Å². The van der Waals surface area contributed by atoms with Crippen LogP contribution >= 0.6 is 0 Å². The molecule has 3 nitrogen and oxygen atoms in total. The summed E-state index contributed by atoms with van der Waals surface area (Å²) in [5.74, 6) is 5.21. The molecule has 0 spiro atoms. The summed E-state index contributed by atoms with van der Waals surface area (Å²) in [6.07, 6.45) is 1.20. The van der Waals surface area contributed by atoms with E-state index in [0.29, 0.717) is 0 Å². The third-order valence-electron chi connectivity index (χ3n) is 3.03. The summed E-state index contributed by atoms with van der Waals surface area (Å²) in [5, 5.41) is 0. The molecule has 1 fully saturated rings. The predicted octanol–water partition coefficient (Wildman–Crippen LogP) is 1.77. The van der Waals surface area contributed by atoms with Gasteiger partial charge in [-0.05, 0) is 31.9 Å². The highest BCUT2D eigenvalue weighted by Gasteiger charge is 2.23. The van der Waals surface area contributed by atoms with Crippen molar-refractivity contribution in [1.82, 2.24) is 0 Å². The molecule has 0 amide bonds. The number of anilines is 1. The molecule has 1 aromatic carbocycles. The van der Waals surface area contributed by atoms with Crippen LogP contribution in [0, 0.1) is 13.8 Å². The molecule has 0 saturated carbocycles. The Hall–Kier alpha value is -1.06. The molecule has 82 valence electrons. The zero-order chi connectivity index (χ0) is 10.8. The maximum Gasteiger partial charge on any atom is 0.0978 e. The van der Waals surface area contributed by atoms with Crippen LogP contribution in [0.2, 0.25) is 0 Å². The number of rotatable bonds is 2. The number of benzene rings is 1. The number of hydrogen-bond donors (Lipinski definition) is 1. The summed E-state index contributed by atoms with van der Waals surface area (Å²) >= 11 is 0. The lowest BCUT2D eigenvalue weighted by molar-refractivity contribution is 0.0690. The van der Waals surface area contributed by atoms with Gasteiger partial charge in [-0.3, -0.25) is 4.84 Å². The first kappa shape index (κ1) is 10.5. The Morgan fingerprint density at radius 3 is 2.80 bits per heavy atom. The molecular weight excluding hydrogens is 188 g/mol. The fourth-order valence-electron chi connectivity index (χ4n) is 2.22. The smallest absolute Gasteiger partial charge is 0.0978 e. The Bertz CT molecular complexity index is 351. The molecule has 0 aliphatic carbocycles. The molecular formula is C12H18N2O. The first-order chi connectivity index (χ1) is 7.20. The quantitative estimate of drug-likeness (QED) is 0.749. The molecule has 1 heterocycles. The number of hydrogen-bond acceptors (Lipinski definition) is 3. The van der Waals surface area contributed by atoms with Crippen molar-refractivity contribution in [2.45, 2.75) is 26.4 Å². The molecule has 1 saturated heterocycles. The highest BCUT2D eigenvalue weighted by Crippen LogP contribution is 2.25. The summed E-state index contributed by atoms with van der Waals surface area (Å²) in [6, 6.07) is 6.55. The van der Waals surface area contributed by atoms with Crippen LogP contribution in [0.1, 0.15) is 17.5 Å². The van der Waals surface area contributed by atoms with Crippen LogP contribution in [0.5, 0.6) is 0 Å². The van der Waals surface area contributed by atoms with Crippen LogP contribution in [0.25, 0.3) is 0 Å². The van der Waals surface area contributed by atoms with E-state index in [-0.39, 0.29) is 6.10 Å². The van der Waals surface area contributed by atoms with Crippen molar-refractivity contribution >= 4 is 5.69 Å². The third kappa shape index (κ3) is 2.13. The minimum Gasteiger partial charge on any atom is -0.369 e. The van der Waals surface area contributed by atoms with Gasteiger partial charge in [0, 0.05) is 18.8 Å². The summed E-state index contributed by atoms with van der Waals surface area (Å²) in [5.41, 5.74) is 3.94. The van der Waals surface area contributed by atoms with Crippen molar-refractivity contribution in [2.75, 3.05) is 18.0 Å². The zero-order valence-corrected chi connectivity index (χ0v) is 9.36. The standard InChI is InChI=1S/C12H18N2O/c1-9-3-4-12(10(2)7-9)14-6-5-11(8-14)15-13/h3-4,7,11H,5-6,8,13H2,1-2H3. The molecule has 3 heteroatoms. The largest absolute Gasteiger partial charge is 0.369 e. The Labute approximate surface area is 90.8 Å². The van der Waals surface area contributed by atoms with Crippen LogP contribution in [0.4, 0.5) is 5.69 Å². The molecule has 1 aromatic rings. The van der Waals surface area contributed by atoms with Crippen molar-refractivity contribution in [2.24, 2.45) is 5.90 Å². The van der Waals surface area contributed by atoms with E-state index < -0.39 is 0 Å². The topological polar surface area (TPSA) is 38.5 Å². The second-order valence-corrected chi connectivity index (χ2v) is 4.28. The van der Waals surface area contributed by atoms with Crippen LogP contribution < -0.4 is 10.8 Å². The van der Waals surface area contributed by atoms with E-state index in [9.17, 15) is 0 Å². The van der Waals surface area contributed by atoms with Crippen LogP contribution in [-0.2, 0) is 4.84 Å². The second kappa shape index (κ2) is 4.21. The zero-order valence-electron chi connectivity index (χ0n) is 9.36. The normalized spacial score (nSPS) is 21.0. The molecule has 1 aliphatic heterocycles.